The van der Waals surface area contributed by atoms with Crippen molar-refractivity contribution in [3.05, 3.63) is 29.3 Å². The van der Waals surface area contributed by atoms with Crippen molar-refractivity contribution in [3.63, 3.8) is 0 Å². The van der Waals surface area contributed by atoms with Crippen molar-refractivity contribution in [1.82, 2.24) is 5.32 Å². The Morgan fingerprint density at radius 2 is 2.22 bits per heavy atom. The number of methoxy groups -OCH3 is 1. The van der Waals surface area contributed by atoms with E-state index in [1.54, 1.807) is 7.11 Å². The molecule has 0 atom stereocenters. The Morgan fingerprint density at radius 3 is 2.83 bits per heavy atom. The van der Waals surface area contributed by atoms with Crippen LogP contribution in [0.4, 0.5) is 5.69 Å². The first-order valence-electron chi connectivity index (χ1n) is 6.10. The van der Waals surface area contributed by atoms with Gasteiger partial charge in [-0.2, -0.15) is 5.26 Å². The highest BCUT2D eigenvalue weighted by Crippen LogP contribution is 2.20. The number of nitrogens with zero attached hydrogens (tertiary/aromatic N) is 2. The largest absolute Gasteiger partial charge is 0.385 e. The zero-order valence-corrected chi connectivity index (χ0v) is 11.4. The molecule has 1 aromatic carbocycles. The second-order valence-electron chi connectivity index (χ2n) is 4.26. The van der Waals surface area contributed by atoms with Gasteiger partial charge in [0.25, 0.3) is 0 Å². The number of anilines is 1. The minimum atomic E-state index is 0.725. The van der Waals surface area contributed by atoms with Crippen molar-refractivity contribution in [2.75, 3.05) is 39.3 Å². The molecule has 0 unspecified atom stereocenters. The normalized spacial score (nSPS) is 10.1. The van der Waals surface area contributed by atoms with Crippen LogP contribution in [0.2, 0.25) is 0 Å². The smallest absolute Gasteiger partial charge is 0.101 e. The summed E-state index contributed by atoms with van der Waals surface area (Å²) in [5, 5.41) is 12.3. The summed E-state index contributed by atoms with van der Waals surface area (Å²) in [6, 6.07) is 8.28. The van der Waals surface area contributed by atoms with Gasteiger partial charge in [-0.3, -0.25) is 0 Å². The third-order valence-electron chi connectivity index (χ3n) is 2.82. The Kier molecular flexibility index (Phi) is 6.20. The summed E-state index contributed by atoms with van der Waals surface area (Å²) < 4.78 is 5.04. The molecule has 98 valence electrons. The minimum Gasteiger partial charge on any atom is -0.385 e. The topological polar surface area (TPSA) is 48.3 Å². The Balaban J connectivity index is 2.78. The van der Waals surface area contributed by atoms with Gasteiger partial charge in [-0.25, -0.2) is 0 Å². The molecule has 0 saturated heterocycles. The van der Waals surface area contributed by atoms with Crippen molar-refractivity contribution in [1.29, 1.82) is 5.26 Å². The van der Waals surface area contributed by atoms with E-state index in [0.29, 0.717) is 0 Å². The maximum Gasteiger partial charge on any atom is 0.101 e. The molecule has 0 bridgehead atoms. The van der Waals surface area contributed by atoms with Gasteiger partial charge in [0, 0.05) is 33.9 Å². The van der Waals surface area contributed by atoms with Crippen molar-refractivity contribution in [3.8, 4) is 6.07 Å². The standard InChI is InChI=1S/C14H21N3O/c1-16-11-12-5-6-14(13(9-12)10-15)17(2)7-4-8-18-3/h5-6,9,16H,4,7-8,11H2,1-3H3. The van der Waals surface area contributed by atoms with Crippen molar-refractivity contribution < 1.29 is 4.74 Å². The quantitative estimate of drug-likeness (QED) is 0.746. The van der Waals surface area contributed by atoms with E-state index in [2.05, 4.69) is 22.4 Å². The lowest BCUT2D eigenvalue weighted by molar-refractivity contribution is 0.196. The summed E-state index contributed by atoms with van der Waals surface area (Å²) in [6.45, 7) is 2.40. The molecule has 0 heterocycles. The van der Waals surface area contributed by atoms with Gasteiger partial charge in [-0.1, -0.05) is 6.07 Å². The maximum absolute atomic E-state index is 9.21. The first-order chi connectivity index (χ1) is 8.72. The lowest BCUT2D eigenvalue weighted by Crippen LogP contribution is -2.21. The molecule has 0 fully saturated rings. The molecule has 0 aliphatic carbocycles. The maximum atomic E-state index is 9.21. The molecule has 0 aromatic heterocycles. The van der Waals surface area contributed by atoms with Crippen LogP contribution in [0, 0.1) is 11.3 Å². The molecule has 0 amide bonds. The van der Waals surface area contributed by atoms with Crippen LogP contribution in [-0.4, -0.2) is 34.4 Å². The van der Waals surface area contributed by atoms with Crippen molar-refractivity contribution >= 4 is 5.69 Å². The van der Waals surface area contributed by atoms with Crippen LogP contribution < -0.4 is 10.2 Å². The average Bonchev–Trinajstić information content (AvgIpc) is 2.39. The average molecular weight is 247 g/mol. The van der Waals surface area contributed by atoms with Crippen LogP contribution in [0.15, 0.2) is 18.2 Å². The first-order valence-corrected chi connectivity index (χ1v) is 6.10. The summed E-state index contributed by atoms with van der Waals surface area (Å²) in [5.41, 5.74) is 2.83. The molecule has 18 heavy (non-hydrogen) atoms. The highest BCUT2D eigenvalue weighted by Gasteiger charge is 2.07. The lowest BCUT2D eigenvalue weighted by atomic mass is 10.1. The van der Waals surface area contributed by atoms with E-state index in [9.17, 15) is 5.26 Å². The fraction of sp³-hybridized carbons (Fsp3) is 0.500. The third-order valence-corrected chi connectivity index (χ3v) is 2.82. The van der Waals surface area contributed by atoms with Crippen LogP contribution in [0.25, 0.3) is 0 Å². The lowest BCUT2D eigenvalue weighted by Gasteiger charge is -2.20. The molecule has 0 radical (unpaired) electrons. The predicted octanol–water partition coefficient (Wildman–Crippen LogP) is 1.75. The molecule has 1 N–H and O–H groups in total. The van der Waals surface area contributed by atoms with Gasteiger partial charge in [0.1, 0.15) is 6.07 Å². The fourth-order valence-corrected chi connectivity index (χ4v) is 1.89. The highest BCUT2D eigenvalue weighted by atomic mass is 16.5. The molecule has 0 saturated carbocycles. The van der Waals surface area contributed by atoms with Gasteiger partial charge in [0.05, 0.1) is 11.3 Å². The SMILES string of the molecule is CNCc1ccc(N(C)CCCOC)c(C#N)c1. The molecule has 4 heteroatoms. The number of ether oxygens (including phenoxy) is 1. The Morgan fingerprint density at radius 1 is 1.44 bits per heavy atom. The van der Waals surface area contributed by atoms with Crippen molar-refractivity contribution in [2.45, 2.75) is 13.0 Å². The second kappa shape index (κ2) is 7.70. The van der Waals surface area contributed by atoms with Gasteiger partial charge in [0.2, 0.25) is 0 Å². The number of nitrogens with one attached hydrogen (secondary N) is 1. The molecule has 4 nitrogen and oxygen atoms in total. The molecule has 1 rings (SSSR count). The summed E-state index contributed by atoms with van der Waals surface area (Å²) in [7, 11) is 5.60. The number of hydrogen-bond donors (Lipinski definition) is 1. The summed E-state index contributed by atoms with van der Waals surface area (Å²) in [6.07, 6.45) is 0.954. The number of benzene rings is 1. The minimum absolute atomic E-state index is 0.725. The number of hydrogen-bond acceptors (Lipinski definition) is 4. The van der Waals surface area contributed by atoms with Crippen LogP contribution >= 0.6 is 0 Å². The van der Waals surface area contributed by atoms with E-state index in [4.69, 9.17) is 4.74 Å². The zero-order chi connectivity index (χ0) is 13.4. The van der Waals surface area contributed by atoms with E-state index < -0.39 is 0 Å². The molecule has 0 spiro atoms. The van der Waals surface area contributed by atoms with E-state index in [1.807, 2.05) is 26.2 Å². The molecule has 1 aromatic rings. The molecule has 0 aliphatic rings. The van der Waals surface area contributed by atoms with E-state index in [1.165, 1.54) is 0 Å². The van der Waals surface area contributed by atoms with Crippen LogP contribution in [0.3, 0.4) is 0 Å². The van der Waals surface area contributed by atoms with E-state index in [0.717, 1.165) is 42.9 Å². The van der Waals surface area contributed by atoms with Crippen LogP contribution in [0.5, 0.6) is 0 Å². The zero-order valence-electron chi connectivity index (χ0n) is 11.4. The number of rotatable bonds is 7. The van der Waals surface area contributed by atoms with Gasteiger partial charge in [0.15, 0.2) is 0 Å². The van der Waals surface area contributed by atoms with Crippen molar-refractivity contribution in [2.24, 2.45) is 0 Å². The van der Waals surface area contributed by atoms with Gasteiger partial charge in [-0.15, -0.1) is 0 Å². The van der Waals surface area contributed by atoms with Crippen LogP contribution in [-0.2, 0) is 11.3 Å². The van der Waals surface area contributed by atoms with Gasteiger partial charge in [-0.05, 0) is 31.2 Å². The first kappa shape index (κ1) is 14.5. The number of nitriles is 1. The Bertz CT molecular complexity index is 412. The van der Waals surface area contributed by atoms with Gasteiger partial charge < -0.3 is 15.0 Å². The van der Waals surface area contributed by atoms with Crippen LogP contribution in [0.1, 0.15) is 17.5 Å². The van der Waals surface area contributed by atoms with E-state index >= 15 is 0 Å². The molecular formula is C14H21N3O. The summed E-state index contributed by atoms with van der Waals surface area (Å²) in [5.74, 6) is 0. The Hall–Kier alpha value is -1.57. The van der Waals surface area contributed by atoms with E-state index in [-0.39, 0.29) is 0 Å². The molecule has 0 aliphatic heterocycles. The molecular weight excluding hydrogens is 226 g/mol. The second-order valence-corrected chi connectivity index (χ2v) is 4.26. The monoisotopic (exact) mass is 247 g/mol. The summed E-state index contributed by atoms with van der Waals surface area (Å²) in [4.78, 5) is 2.10. The van der Waals surface area contributed by atoms with Gasteiger partial charge >= 0.3 is 0 Å². The highest BCUT2D eigenvalue weighted by molar-refractivity contribution is 5.60. The summed E-state index contributed by atoms with van der Waals surface area (Å²) >= 11 is 0. The predicted molar refractivity (Wildman–Crippen MR) is 73.7 cm³/mol. The fourth-order valence-electron chi connectivity index (χ4n) is 1.89. The Labute approximate surface area is 109 Å². The third kappa shape index (κ3) is 4.02.